The maximum Gasteiger partial charge on any atom is 0.336 e. The smallest absolute Gasteiger partial charge is 0.336 e. The van der Waals surface area contributed by atoms with E-state index in [1.54, 1.807) is 30.3 Å². The molecule has 0 aliphatic heterocycles. The summed E-state index contributed by atoms with van der Waals surface area (Å²) in [5.41, 5.74) is 0.321. The number of nitro benzene ring substituents is 1. The Bertz CT molecular complexity index is 678. The first-order valence-electron chi connectivity index (χ1n) is 5.81. The third kappa shape index (κ3) is 3.42. The summed E-state index contributed by atoms with van der Waals surface area (Å²) in [7, 11) is 0. The summed E-state index contributed by atoms with van der Waals surface area (Å²) < 4.78 is 0.867. The minimum atomic E-state index is -0.642. The van der Waals surface area contributed by atoms with Crippen molar-refractivity contribution in [2.24, 2.45) is 0 Å². The van der Waals surface area contributed by atoms with E-state index in [4.69, 9.17) is 0 Å². The lowest BCUT2D eigenvalue weighted by atomic mass is 10.2. The Morgan fingerprint density at radius 3 is 2.48 bits per heavy atom. The van der Waals surface area contributed by atoms with Gasteiger partial charge in [0.05, 0.1) is 16.7 Å². The number of anilines is 2. The first-order valence-corrected chi connectivity index (χ1v) is 6.21. The van der Waals surface area contributed by atoms with Gasteiger partial charge in [0.15, 0.2) is 0 Å². The maximum absolute atomic E-state index is 12.0. The zero-order chi connectivity index (χ0) is 15.4. The van der Waals surface area contributed by atoms with Crippen molar-refractivity contribution in [3.8, 4) is 5.75 Å². The number of nitro groups is 1. The molecular formula is C13H11N3O4S. The van der Waals surface area contributed by atoms with Crippen LogP contribution in [0.4, 0.5) is 21.9 Å². The molecule has 0 aromatic heterocycles. The molecule has 0 fully saturated rings. The highest BCUT2D eigenvalue weighted by atomic mass is 32.1. The molecule has 0 bridgehead atoms. The SMILES string of the molecule is O=C(Nc1ccccc1)N(S)c1ccc([N+](=O)[O-])cc1O. The number of urea groups is 1. The van der Waals surface area contributed by atoms with Crippen LogP contribution in [0.5, 0.6) is 5.75 Å². The van der Waals surface area contributed by atoms with Crippen molar-refractivity contribution in [1.29, 1.82) is 0 Å². The second kappa shape index (κ2) is 6.14. The number of carbonyl (C=O) groups is 1. The van der Waals surface area contributed by atoms with Crippen molar-refractivity contribution in [3.05, 3.63) is 58.6 Å². The lowest BCUT2D eigenvalue weighted by Gasteiger charge is -2.17. The fraction of sp³-hybridized carbons (Fsp3) is 0. The van der Waals surface area contributed by atoms with Crippen LogP contribution in [0.2, 0.25) is 0 Å². The van der Waals surface area contributed by atoms with E-state index in [1.807, 2.05) is 0 Å². The van der Waals surface area contributed by atoms with Crippen molar-refractivity contribution in [3.63, 3.8) is 0 Å². The average molecular weight is 305 g/mol. The molecule has 2 N–H and O–H groups in total. The number of para-hydroxylation sites is 1. The van der Waals surface area contributed by atoms with E-state index in [2.05, 4.69) is 18.1 Å². The molecule has 0 saturated carbocycles. The van der Waals surface area contributed by atoms with Gasteiger partial charge in [-0.3, -0.25) is 10.1 Å². The number of aromatic hydroxyl groups is 1. The van der Waals surface area contributed by atoms with Crippen LogP contribution in [0, 0.1) is 10.1 Å². The normalized spacial score (nSPS) is 9.95. The number of rotatable bonds is 3. The standard InChI is InChI=1S/C13H11N3O4S/c17-12-8-10(16(19)20)6-7-11(12)15(21)13(18)14-9-4-2-1-3-5-9/h1-8,17,21H,(H,14,18). The van der Waals surface area contributed by atoms with Gasteiger partial charge in [0.25, 0.3) is 5.69 Å². The molecule has 0 atom stereocenters. The van der Waals surface area contributed by atoms with Crippen LogP contribution in [0.3, 0.4) is 0 Å². The second-order valence-corrected chi connectivity index (χ2v) is 4.44. The lowest BCUT2D eigenvalue weighted by Crippen LogP contribution is -2.26. The number of nitrogens with zero attached hydrogens (tertiary/aromatic N) is 2. The minimum absolute atomic E-state index is 0.0392. The summed E-state index contributed by atoms with van der Waals surface area (Å²) in [6.45, 7) is 0. The van der Waals surface area contributed by atoms with Crippen LogP contribution in [-0.2, 0) is 0 Å². The highest BCUT2D eigenvalue weighted by Crippen LogP contribution is 2.32. The number of nitrogens with one attached hydrogen (secondary N) is 1. The number of hydrogen-bond acceptors (Lipinski definition) is 5. The fourth-order valence-corrected chi connectivity index (χ4v) is 1.83. The topological polar surface area (TPSA) is 95.7 Å². The Morgan fingerprint density at radius 2 is 1.90 bits per heavy atom. The number of hydrogen-bond donors (Lipinski definition) is 3. The van der Waals surface area contributed by atoms with Crippen molar-refractivity contribution in [2.75, 3.05) is 9.62 Å². The first-order chi connectivity index (χ1) is 9.99. The molecule has 2 aromatic carbocycles. The van der Waals surface area contributed by atoms with E-state index in [0.29, 0.717) is 5.69 Å². The van der Waals surface area contributed by atoms with Gasteiger partial charge < -0.3 is 10.4 Å². The Hall–Kier alpha value is -2.74. The summed E-state index contributed by atoms with van der Waals surface area (Å²) >= 11 is 3.99. The van der Waals surface area contributed by atoms with E-state index >= 15 is 0 Å². The average Bonchev–Trinajstić information content (AvgIpc) is 2.47. The highest BCUT2D eigenvalue weighted by molar-refractivity contribution is 7.82. The molecule has 21 heavy (non-hydrogen) atoms. The van der Waals surface area contributed by atoms with Gasteiger partial charge in [-0.05, 0) is 18.2 Å². The number of benzene rings is 2. The zero-order valence-electron chi connectivity index (χ0n) is 10.6. The predicted octanol–water partition coefficient (Wildman–Crippen LogP) is 3.18. The molecule has 0 radical (unpaired) electrons. The predicted molar refractivity (Wildman–Crippen MR) is 81.7 cm³/mol. The first kappa shape index (κ1) is 14.7. The van der Waals surface area contributed by atoms with Gasteiger partial charge >= 0.3 is 6.03 Å². The molecule has 0 heterocycles. The molecule has 0 spiro atoms. The second-order valence-electron chi connectivity index (χ2n) is 4.04. The molecule has 2 rings (SSSR count). The molecule has 0 aliphatic carbocycles. The van der Waals surface area contributed by atoms with Gasteiger partial charge in [-0.2, -0.15) is 0 Å². The number of non-ortho nitro benzene ring substituents is 1. The van der Waals surface area contributed by atoms with Gasteiger partial charge in [0.1, 0.15) is 5.75 Å². The molecule has 0 unspecified atom stereocenters. The van der Waals surface area contributed by atoms with Gasteiger partial charge in [-0.15, -0.1) is 0 Å². The van der Waals surface area contributed by atoms with Crippen LogP contribution < -0.4 is 9.62 Å². The lowest BCUT2D eigenvalue weighted by molar-refractivity contribution is -0.384. The molecule has 2 aromatic rings. The highest BCUT2D eigenvalue weighted by Gasteiger charge is 2.18. The van der Waals surface area contributed by atoms with E-state index in [0.717, 1.165) is 10.4 Å². The van der Waals surface area contributed by atoms with Crippen molar-refractivity contribution in [1.82, 2.24) is 0 Å². The van der Waals surface area contributed by atoms with E-state index in [9.17, 15) is 20.0 Å². The molecule has 0 saturated heterocycles. The zero-order valence-corrected chi connectivity index (χ0v) is 11.5. The molecular weight excluding hydrogens is 294 g/mol. The maximum atomic E-state index is 12.0. The van der Waals surface area contributed by atoms with E-state index < -0.39 is 16.7 Å². The fourth-order valence-electron chi connectivity index (χ4n) is 1.61. The third-order valence-corrected chi connectivity index (χ3v) is 3.01. The van der Waals surface area contributed by atoms with Gasteiger partial charge in [0.2, 0.25) is 0 Å². The van der Waals surface area contributed by atoms with E-state index in [1.165, 1.54) is 12.1 Å². The minimum Gasteiger partial charge on any atom is -0.505 e. The molecule has 7 nitrogen and oxygen atoms in total. The number of amides is 2. The van der Waals surface area contributed by atoms with E-state index in [-0.39, 0.29) is 11.4 Å². The van der Waals surface area contributed by atoms with Gasteiger partial charge in [0, 0.05) is 11.8 Å². The summed E-state index contributed by atoms with van der Waals surface area (Å²) in [6.07, 6.45) is 0. The number of phenolic OH excluding ortho intramolecular Hbond substituents is 1. The quantitative estimate of drug-likeness (QED) is 0.461. The summed E-state index contributed by atoms with van der Waals surface area (Å²) in [4.78, 5) is 21.9. The van der Waals surface area contributed by atoms with Crippen molar-refractivity contribution in [2.45, 2.75) is 0 Å². The van der Waals surface area contributed by atoms with Crippen molar-refractivity contribution < 1.29 is 14.8 Å². The Balaban J connectivity index is 2.18. The molecule has 108 valence electrons. The largest absolute Gasteiger partial charge is 0.505 e. The van der Waals surface area contributed by atoms with Gasteiger partial charge in [-0.25, -0.2) is 9.10 Å². The Kier molecular flexibility index (Phi) is 4.29. The Morgan fingerprint density at radius 1 is 1.24 bits per heavy atom. The summed E-state index contributed by atoms with van der Waals surface area (Å²) in [6, 6.07) is 11.5. The summed E-state index contributed by atoms with van der Waals surface area (Å²) in [5.74, 6) is -0.414. The number of phenols is 1. The molecule has 8 heteroatoms. The number of thiol groups is 1. The van der Waals surface area contributed by atoms with Gasteiger partial charge in [-0.1, -0.05) is 31.0 Å². The summed E-state index contributed by atoms with van der Waals surface area (Å²) in [5, 5.41) is 22.9. The van der Waals surface area contributed by atoms with Crippen LogP contribution >= 0.6 is 12.8 Å². The van der Waals surface area contributed by atoms with Crippen molar-refractivity contribution >= 4 is 35.9 Å². The van der Waals surface area contributed by atoms with Crippen LogP contribution in [0.25, 0.3) is 0 Å². The van der Waals surface area contributed by atoms with Crippen LogP contribution in [0.1, 0.15) is 0 Å². The van der Waals surface area contributed by atoms with Crippen LogP contribution in [0.15, 0.2) is 48.5 Å². The van der Waals surface area contributed by atoms with Crippen LogP contribution in [-0.4, -0.2) is 16.1 Å². The molecule has 0 aliphatic rings. The number of carbonyl (C=O) groups excluding carboxylic acids is 1. The third-order valence-electron chi connectivity index (χ3n) is 2.62. The molecule has 2 amide bonds. The monoisotopic (exact) mass is 305 g/mol. The Labute approximate surface area is 125 Å².